The van der Waals surface area contributed by atoms with E-state index >= 15 is 19.2 Å². The van der Waals surface area contributed by atoms with Crippen LogP contribution in [0.2, 0.25) is 0 Å². The summed E-state index contributed by atoms with van der Waals surface area (Å²) in [4.78, 5) is 60.4. The zero-order valence-corrected chi connectivity index (χ0v) is 59.2. The van der Waals surface area contributed by atoms with Crippen LogP contribution in [0.15, 0.2) is 0 Å². The molecular weight excluding hydrogens is 1060 g/mol. The van der Waals surface area contributed by atoms with Gasteiger partial charge < -0.3 is 0 Å². The summed E-state index contributed by atoms with van der Waals surface area (Å²) in [6.07, 6.45) is 11.0. The molecule has 0 bridgehead atoms. The second kappa shape index (κ2) is 34.3. The van der Waals surface area contributed by atoms with Crippen LogP contribution in [0.3, 0.4) is 0 Å². The van der Waals surface area contributed by atoms with E-state index in [4.69, 9.17) is 12.3 Å². The summed E-state index contributed by atoms with van der Waals surface area (Å²) in [7, 11) is 0. The Bertz CT molecular complexity index is 1350. The fraction of sp³-hybridized carbons (Fsp3) is 0.941. The standard InChI is InChI=1S/4C17H34O2.Sn/c4*1-8-15(16(18)19)10-9-11-17(12(2)3,13(4)5)14(6)7;/h4*12-15H,8-11H2,1-7H3,(H,18,19);/q;;;;+4/p-4. The van der Waals surface area contributed by atoms with E-state index in [9.17, 15) is 0 Å². The van der Waals surface area contributed by atoms with Crippen molar-refractivity contribution in [3.8, 4) is 0 Å². The van der Waals surface area contributed by atoms with E-state index in [1.165, 1.54) is 0 Å². The van der Waals surface area contributed by atoms with Crippen molar-refractivity contribution < 1.29 is 31.5 Å². The van der Waals surface area contributed by atoms with Crippen LogP contribution in [0.4, 0.5) is 0 Å². The van der Waals surface area contributed by atoms with Crippen LogP contribution in [-0.2, 0) is 31.5 Å². The second-order valence-corrected chi connectivity index (χ2v) is 33.7. The Morgan fingerprint density at radius 1 is 0.273 bits per heavy atom. The molecule has 0 aliphatic heterocycles. The molecule has 456 valence electrons. The van der Waals surface area contributed by atoms with Crippen molar-refractivity contribution in [1.29, 1.82) is 0 Å². The third-order valence-corrected chi connectivity index (χ3v) is 26.9. The van der Waals surface area contributed by atoms with Crippen molar-refractivity contribution >= 4 is 43.9 Å². The van der Waals surface area contributed by atoms with E-state index in [0.717, 1.165) is 51.4 Å². The van der Waals surface area contributed by atoms with Crippen LogP contribution in [0.25, 0.3) is 0 Å². The van der Waals surface area contributed by atoms with Crippen molar-refractivity contribution in [2.24, 2.45) is 116 Å². The van der Waals surface area contributed by atoms with Gasteiger partial charge in [-0.2, -0.15) is 0 Å². The SMILES string of the molecule is CCC(CCCC(C(C)C)(C(C)C)C(C)C)C(=O)[O][Sn]([O]C(=O)C(CC)CCCC(C(C)C)(C(C)C)C(C)C)([O]C(=O)C(CC)CCCC(C(C)C)(C(C)C)C(C)C)[O]C(=O)C(CC)CCCC(C(C)C)(C(C)C)C(C)C. The molecule has 0 saturated carbocycles. The van der Waals surface area contributed by atoms with E-state index in [0.29, 0.717) is 122 Å². The number of rotatable bonds is 40. The Hall–Kier alpha value is -1.32. The van der Waals surface area contributed by atoms with Gasteiger partial charge in [-0.15, -0.1) is 0 Å². The summed E-state index contributed by atoms with van der Waals surface area (Å²) >= 11 is -6.42. The van der Waals surface area contributed by atoms with E-state index in [1.54, 1.807) is 0 Å². The first-order valence-corrected chi connectivity index (χ1v) is 37.1. The molecule has 0 fully saturated rings. The van der Waals surface area contributed by atoms with E-state index in [2.05, 4.69) is 166 Å². The van der Waals surface area contributed by atoms with Crippen LogP contribution in [0.5, 0.6) is 0 Å². The topological polar surface area (TPSA) is 105 Å². The van der Waals surface area contributed by atoms with Gasteiger partial charge in [-0.3, -0.25) is 0 Å². The Kier molecular flexibility index (Phi) is 33.7. The Morgan fingerprint density at radius 3 is 0.506 bits per heavy atom. The molecular formula is C68H132O8Sn. The minimum atomic E-state index is -6.42. The fourth-order valence-corrected chi connectivity index (χ4v) is 22.4. The molecule has 77 heavy (non-hydrogen) atoms. The van der Waals surface area contributed by atoms with Crippen LogP contribution < -0.4 is 0 Å². The van der Waals surface area contributed by atoms with Crippen LogP contribution in [0, 0.1) is 116 Å². The number of hydrogen-bond acceptors (Lipinski definition) is 8. The van der Waals surface area contributed by atoms with Crippen LogP contribution >= 0.6 is 0 Å². The Morgan fingerprint density at radius 2 is 0.403 bits per heavy atom. The predicted octanol–water partition coefficient (Wildman–Crippen LogP) is 20.2. The molecule has 9 heteroatoms. The van der Waals surface area contributed by atoms with Gasteiger partial charge in [-0.05, 0) is 0 Å². The quantitative estimate of drug-likeness (QED) is 0.0559. The number of carbonyl (C=O) groups excluding carboxylic acids is 4. The summed E-state index contributed by atoms with van der Waals surface area (Å²) in [6, 6.07) is 0. The number of hydrogen-bond donors (Lipinski definition) is 0. The maximum atomic E-state index is 15.1. The van der Waals surface area contributed by atoms with Crippen molar-refractivity contribution in [1.82, 2.24) is 0 Å². The zero-order valence-electron chi connectivity index (χ0n) is 56.3. The summed E-state index contributed by atoms with van der Waals surface area (Å²) in [6.45, 7) is 63.3. The van der Waals surface area contributed by atoms with Gasteiger partial charge in [0.1, 0.15) is 0 Å². The molecule has 0 spiro atoms. The van der Waals surface area contributed by atoms with Crippen molar-refractivity contribution in [2.45, 2.75) is 297 Å². The molecule has 0 rings (SSSR count). The van der Waals surface area contributed by atoms with Gasteiger partial charge in [-0.1, -0.05) is 0 Å². The van der Waals surface area contributed by atoms with Gasteiger partial charge in [0.15, 0.2) is 0 Å². The van der Waals surface area contributed by atoms with Crippen molar-refractivity contribution in [3.05, 3.63) is 0 Å². The molecule has 0 aromatic carbocycles. The molecule has 4 atom stereocenters. The normalized spacial score (nSPS) is 15.8. The summed E-state index contributed by atoms with van der Waals surface area (Å²) < 4.78 is 26.5. The molecule has 0 aliphatic carbocycles. The second-order valence-electron chi connectivity index (χ2n) is 28.5. The Labute approximate surface area is 485 Å². The minimum absolute atomic E-state index is 0.0722. The molecule has 0 aromatic heterocycles. The Balaban J connectivity index is 7.99. The fourth-order valence-electron chi connectivity index (χ4n) is 17.0. The van der Waals surface area contributed by atoms with Gasteiger partial charge in [-0.25, -0.2) is 0 Å². The monoisotopic (exact) mass is 1200 g/mol. The van der Waals surface area contributed by atoms with E-state index < -0.39 is 67.6 Å². The third kappa shape index (κ3) is 19.4. The summed E-state index contributed by atoms with van der Waals surface area (Å²) in [5.41, 5.74) is 0.289. The molecule has 0 N–H and O–H groups in total. The first kappa shape index (κ1) is 75.7. The van der Waals surface area contributed by atoms with Gasteiger partial charge in [0.25, 0.3) is 0 Å². The zero-order chi connectivity index (χ0) is 60.2. The van der Waals surface area contributed by atoms with Gasteiger partial charge in [0.05, 0.1) is 0 Å². The van der Waals surface area contributed by atoms with Gasteiger partial charge in [0, 0.05) is 0 Å². The van der Waals surface area contributed by atoms with Gasteiger partial charge >= 0.3 is 488 Å². The average molecular weight is 1200 g/mol. The summed E-state index contributed by atoms with van der Waals surface area (Å²) in [5, 5.41) is 0. The average Bonchev–Trinajstić information content (AvgIpc) is 3.29. The molecule has 0 radical (unpaired) electrons. The number of carbonyl (C=O) groups is 4. The van der Waals surface area contributed by atoms with E-state index in [-0.39, 0.29) is 21.7 Å². The molecule has 0 amide bonds. The molecule has 0 aromatic rings. The predicted molar refractivity (Wildman–Crippen MR) is 328 cm³/mol. The maximum absolute atomic E-state index is 15.1. The van der Waals surface area contributed by atoms with E-state index in [1.807, 2.05) is 27.7 Å². The molecule has 0 saturated heterocycles. The third-order valence-electron chi connectivity index (χ3n) is 21.8. The molecule has 8 nitrogen and oxygen atoms in total. The molecule has 0 aliphatic rings. The van der Waals surface area contributed by atoms with Crippen LogP contribution in [0.1, 0.15) is 297 Å². The van der Waals surface area contributed by atoms with Crippen LogP contribution in [-0.4, -0.2) is 43.9 Å². The van der Waals surface area contributed by atoms with Crippen molar-refractivity contribution in [2.75, 3.05) is 0 Å². The first-order valence-electron chi connectivity index (χ1n) is 32.4. The first-order chi connectivity index (χ1) is 35.5. The molecule has 4 unspecified atom stereocenters. The van der Waals surface area contributed by atoms with Gasteiger partial charge in [0.2, 0.25) is 0 Å². The summed E-state index contributed by atoms with van der Waals surface area (Å²) in [5.74, 6) is 0.478. The van der Waals surface area contributed by atoms with Crippen molar-refractivity contribution in [3.63, 3.8) is 0 Å². The molecule has 0 heterocycles.